The largest absolute Gasteiger partial charge is 0.346 e. The summed E-state index contributed by atoms with van der Waals surface area (Å²) in [4.78, 5) is 0. The average molecular weight is 225 g/mol. The van der Waals surface area contributed by atoms with Crippen LogP contribution >= 0.6 is 11.6 Å². The van der Waals surface area contributed by atoms with Crippen LogP contribution in [-0.2, 0) is 9.47 Å². The molecule has 1 aliphatic rings. The van der Waals surface area contributed by atoms with Crippen molar-refractivity contribution in [3.05, 3.63) is 41.5 Å². The van der Waals surface area contributed by atoms with E-state index < -0.39 is 0 Å². The van der Waals surface area contributed by atoms with Crippen molar-refractivity contribution in [2.45, 2.75) is 6.29 Å². The third kappa shape index (κ3) is 2.81. The van der Waals surface area contributed by atoms with Gasteiger partial charge in [0.05, 0.1) is 13.2 Å². The van der Waals surface area contributed by atoms with Crippen LogP contribution in [0.2, 0.25) is 0 Å². The number of allylic oxidation sites excluding steroid dienone is 1. The standard InChI is InChI=1S/C12H13ClO2/c13-6-2-4-10-3-1-5-11(9-10)12-14-7-8-15-12/h1-5,9,12H,6-8H2. The molecule has 0 amide bonds. The second-order valence-electron chi connectivity index (χ2n) is 3.30. The van der Waals surface area contributed by atoms with E-state index in [1.54, 1.807) is 0 Å². The van der Waals surface area contributed by atoms with Crippen LogP contribution in [-0.4, -0.2) is 19.1 Å². The summed E-state index contributed by atoms with van der Waals surface area (Å²) in [5.41, 5.74) is 2.18. The summed E-state index contributed by atoms with van der Waals surface area (Å²) in [6, 6.07) is 8.09. The molecule has 1 aromatic rings. The smallest absolute Gasteiger partial charge is 0.184 e. The van der Waals surface area contributed by atoms with E-state index in [0.717, 1.165) is 11.1 Å². The molecule has 0 bridgehead atoms. The Labute approximate surface area is 94.5 Å². The fourth-order valence-electron chi connectivity index (χ4n) is 1.54. The van der Waals surface area contributed by atoms with Gasteiger partial charge in [0, 0.05) is 11.4 Å². The van der Waals surface area contributed by atoms with E-state index in [1.807, 2.05) is 30.4 Å². The van der Waals surface area contributed by atoms with Gasteiger partial charge in [-0.2, -0.15) is 0 Å². The predicted octanol–water partition coefficient (Wildman–Crippen LogP) is 2.98. The fraction of sp³-hybridized carbons (Fsp3) is 0.333. The van der Waals surface area contributed by atoms with Crippen LogP contribution in [0.1, 0.15) is 17.4 Å². The molecule has 3 heteroatoms. The molecule has 1 saturated heterocycles. The molecule has 15 heavy (non-hydrogen) atoms. The van der Waals surface area contributed by atoms with E-state index in [9.17, 15) is 0 Å². The van der Waals surface area contributed by atoms with Gasteiger partial charge >= 0.3 is 0 Å². The molecule has 2 nitrogen and oxygen atoms in total. The first kappa shape index (κ1) is 10.7. The molecule has 80 valence electrons. The Morgan fingerprint density at radius 1 is 1.33 bits per heavy atom. The molecule has 0 spiro atoms. The van der Waals surface area contributed by atoms with Crippen molar-refractivity contribution in [1.82, 2.24) is 0 Å². The van der Waals surface area contributed by atoms with Crippen LogP contribution in [0.3, 0.4) is 0 Å². The van der Waals surface area contributed by atoms with Crippen molar-refractivity contribution >= 4 is 17.7 Å². The Morgan fingerprint density at radius 2 is 2.13 bits per heavy atom. The van der Waals surface area contributed by atoms with Crippen LogP contribution < -0.4 is 0 Å². The summed E-state index contributed by atoms with van der Waals surface area (Å²) in [6.45, 7) is 1.35. The summed E-state index contributed by atoms with van der Waals surface area (Å²) >= 11 is 5.58. The highest BCUT2D eigenvalue weighted by Gasteiger charge is 2.17. The molecule has 2 rings (SSSR count). The van der Waals surface area contributed by atoms with E-state index in [4.69, 9.17) is 21.1 Å². The zero-order chi connectivity index (χ0) is 10.5. The van der Waals surface area contributed by atoms with E-state index >= 15 is 0 Å². The third-order valence-electron chi connectivity index (χ3n) is 2.20. The average Bonchev–Trinajstić information content (AvgIpc) is 2.80. The van der Waals surface area contributed by atoms with Gasteiger partial charge in [0.1, 0.15) is 0 Å². The van der Waals surface area contributed by atoms with Gasteiger partial charge in [-0.3, -0.25) is 0 Å². The summed E-state index contributed by atoms with van der Waals surface area (Å²) in [6.07, 6.45) is 3.71. The van der Waals surface area contributed by atoms with Gasteiger partial charge in [0.25, 0.3) is 0 Å². The maximum absolute atomic E-state index is 5.58. The van der Waals surface area contributed by atoms with Crippen molar-refractivity contribution < 1.29 is 9.47 Å². The van der Waals surface area contributed by atoms with E-state index in [2.05, 4.69) is 6.07 Å². The zero-order valence-electron chi connectivity index (χ0n) is 8.36. The van der Waals surface area contributed by atoms with Gasteiger partial charge < -0.3 is 9.47 Å². The van der Waals surface area contributed by atoms with Gasteiger partial charge in [-0.1, -0.05) is 30.4 Å². The van der Waals surface area contributed by atoms with Gasteiger partial charge in [0.2, 0.25) is 0 Å². The Morgan fingerprint density at radius 3 is 2.87 bits per heavy atom. The maximum Gasteiger partial charge on any atom is 0.184 e. The highest BCUT2D eigenvalue weighted by molar-refractivity contribution is 6.19. The lowest BCUT2D eigenvalue weighted by molar-refractivity contribution is -0.0441. The molecule has 1 fully saturated rings. The monoisotopic (exact) mass is 224 g/mol. The Hall–Kier alpha value is -0.830. The predicted molar refractivity (Wildman–Crippen MR) is 60.8 cm³/mol. The van der Waals surface area contributed by atoms with Crippen molar-refractivity contribution in [2.24, 2.45) is 0 Å². The number of benzene rings is 1. The molecule has 0 aliphatic carbocycles. The van der Waals surface area contributed by atoms with Crippen LogP contribution in [0.5, 0.6) is 0 Å². The van der Waals surface area contributed by atoms with Gasteiger partial charge in [-0.25, -0.2) is 0 Å². The number of hydrogen-bond acceptors (Lipinski definition) is 2. The van der Waals surface area contributed by atoms with E-state index in [-0.39, 0.29) is 6.29 Å². The number of hydrogen-bond donors (Lipinski definition) is 0. The molecule has 0 saturated carbocycles. The minimum atomic E-state index is -0.200. The lowest BCUT2D eigenvalue weighted by atomic mass is 10.1. The van der Waals surface area contributed by atoms with Crippen molar-refractivity contribution in [2.75, 3.05) is 19.1 Å². The molecular formula is C12H13ClO2. The summed E-state index contributed by atoms with van der Waals surface area (Å²) in [5.74, 6) is 0.528. The van der Waals surface area contributed by atoms with Gasteiger partial charge in [-0.05, 0) is 11.6 Å². The minimum absolute atomic E-state index is 0.200. The van der Waals surface area contributed by atoms with Crippen molar-refractivity contribution in [3.8, 4) is 0 Å². The summed E-state index contributed by atoms with van der Waals surface area (Å²) in [7, 11) is 0. The normalized spacial score (nSPS) is 17.7. The quantitative estimate of drug-likeness (QED) is 0.735. The Kier molecular flexibility index (Phi) is 3.78. The number of ether oxygens (including phenoxy) is 2. The molecule has 0 atom stereocenters. The molecular weight excluding hydrogens is 212 g/mol. The van der Waals surface area contributed by atoms with Gasteiger partial charge in [-0.15, -0.1) is 11.6 Å². The van der Waals surface area contributed by atoms with Crippen molar-refractivity contribution in [1.29, 1.82) is 0 Å². The molecule has 1 aliphatic heterocycles. The summed E-state index contributed by atoms with van der Waals surface area (Å²) < 4.78 is 10.9. The zero-order valence-corrected chi connectivity index (χ0v) is 9.11. The topological polar surface area (TPSA) is 18.5 Å². The molecule has 0 radical (unpaired) electrons. The number of alkyl halides is 1. The molecule has 0 aromatic heterocycles. The first-order chi connectivity index (χ1) is 7.40. The SMILES string of the molecule is ClCC=Cc1cccc(C2OCCO2)c1. The van der Waals surface area contributed by atoms with E-state index in [0.29, 0.717) is 19.1 Å². The van der Waals surface area contributed by atoms with Crippen LogP contribution in [0.4, 0.5) is 0 Å². The molecule has 0 N–H and O–H groups in total. The summed E-state index contributed by atoms with van der Waals surface area (Å²) in [5, 5.41) is 0. The van der Waals surface area contributed by atoms with Crippen molar-refractivity contribution in [3.63, 3.8) is 0 Å². The maximum atomic E-state index is 5.58. The lowest BCUT2D eigenvalue weighted by Gasteiger charge is -2.09. The van der Waals surface area contributed by atoms with Crippen LogP contribution in [0.15, 0.2) is 30.3 Å². The Bertz CT molecular complexity index is 343. The fourth-order valence-corrected chi connectivity index (χ4v) is 1.63. The number of rotatable bonds is 3. The molecule has 1 heterocycles. The minimum Gasteiger partial charge on any atom is -0.346 e. The lowest BCUT2D eigenvalue weighted by Crippen LogP contribution is -1.97. The number of halogens is 1. The first-order valence-electron chi connectivity index (χ1n) is 4.96. The van der Waals surface area contributed by atoms with Crippen LogP contribution in [0.25, 0.3) is 6.08 Å². The highest BCUT2D eigenvalue weighted by atomic mass is 35.5. The highest BCUT2D eigenvalue weighted by Crippen LogP contribution is 2.24. The Balaban J connectivity index is 2.14. The first-order valence-corrected chi connectivity index (χ1v) is 5.49. The van der Waals surface area contributed by atoms with Gasteiger partial charge in [0.15, 0.2) is 6.29 Å². The second kappa shape index (κ2) is 5.31. The molecule has 1 aromatic carbocycles. The second-order valence-corrected chi connectivity index (χ2v) is 3.61. The third-order valence-corrected chi connectivity index (χ3v) is 2.38. The van der Waals surface area contributed by atoms with E-state index in [1.165, 1.54) is 0 Å². The molecule has 0 unspecified atom stereocenters. The van der Waals surface area contributed by atoms with Crippen LogP contribution in [0, 0.1) is 0 Å².